The molecule has 2 rings (SSSR count). The van der Waals surface area contributed by atoms with Crippen molar-refractivity contribution in [3.8, 4) is 12.0 Å². The van der Waals surface area contributed by atoms with Crippen molar-refractivity contribution in [1.29, 1.82) is 0 Å². The lowest BCUT2D eigenvalue weighted by atomic mass is 10.0. The number of aromatic nitrogens is 3. The molecule has 19 heavy (non-hydrogen) atoms. The van der Waals surface area contributed by atoms with Gasteiger partial charge in [0.25, 0.3) is 0 Å². The monoisotopic (exact) mass is 268 g/mol. The Bertz CT molecular complexity index is 401. The van der Waals surface area contributed by atoms with Gasteiger partial charge >= 0.3 is 12.0 Å². The first-order valence-corrected chi connectivity index (χ1v) is 6.28. The van der Waals surface area contributed by atoms with Crippen LogP contribution < -0.4 is 14.8 Å². The van der Waals surface area contributed by atoms with Crippen molar-refractivity contribution in [2.45, 2.75) is 19.3 Å². The summed E-state index contributed by atoms with van der Waals surface area (Å²) in [6.45, 7) is 1.61. The molecule has 1 heterocycles. The van der Waals surface area contributed by atoms with Gasteiger partial charge in [-0.3, -0.25) is 0 Å². The topological polar surface area (TPSA) is 78.4 Å². The first-order chi connectivity index (χ1) is 9.21. The second kappa shape index (κ2) is 6.01. The predicted octanol–water partition coefficient (Wildman–Crippen LogP) is 1.12. The Kier molecular flexibility index (Phi) is 4.36. The summed E-state index contributed by atoms with van der Waals surface area (Å²) in [5.74, 6) is 0.479. The van der Waals surface area contributed by atoms with E-state index in [0.29, 0.717) is 11.4 Å². The Labute approximate surface area is 112 Å². The van der Waals surface area contributed by atoms with Crippen molar-refractivity contribution >= 4 is 5.95 Å². The van der Waals surface area contributed by atoms with E-state index < -0.39 is 0 Å². The minimum absolute atomic E-state index is 0.246. The molecular formula is C12H20N4O3. The van der Waals surface area contributed by atoms with Crippen molar-refractivity contribution in [1.82, 2.24) is 15.0 Å². The molecule has 1 aliphatic carbocycles. The van der Waals surface area contributed by atoms with Crippen LogP contribution >= 0.6 is 0 Å². The van der Waals surface area contributed by atoms with Gasteiger partial charge in [0.1, 0.15) is 0 Å². The summed E-state index contributed by atoms with van der Waals surface area (Å²) in [6, 6.07) is 0.493. The molecule has 0 unspecified atom stereocenters. The van der Waals surface area contributed by atoms with E-state index in [2.05, 4.69) is 20.3 Å². The number of hydrogen-bond donors (Lipinski definition) is 1. The van der Waals surface area contributed by atoms with Gasteiger partial charge in [-0.1, -0.05) is 0 Å². The van der Waals surface area contributed by atoms with Crippen LogP contribution in [0.5, 0.6) is 12.0 Å². The summed E-state index contributed by atoms with van der Waals surface area (Å²) >= 11 is 0. The van der Waals surface area contributed by atoms with Crippen molar-refractivity contribution in [3.05, 3.63) is 0 Å². The zero-order chi connectivity index (χ0) is 13.7. The normalized spacial score (nSPS) is 15.9. The average Bonchev–Trinajstić information content (AvgIpc) is 3.23. The van der Waals surface area contributed by atoms with E-state index in [0.717, 1.165) is 19.6 Å². The SMILES string of the molecule is COCCC1(CNc2nc(OC)nc(OC)n2)CC1. The van der Waals surface area contributed by atoms with Crippen molar-refractivity contribution in [3.63, 3.8) is 0 Å². The highest BCUT2D eigenvalue weighted by Crippen LogP contribution is 2.48. The van der Waals surface area contributed by atoms with Crippen LogP contribution in [0.3, 0.4) is 0 Å². The maximum absolute atomic E-state index is 5.13. The first-order valence-electron chi connectivity index (χ1n) is 6.28. The van der Waals surface area contributed by atoms with Gasteiger partial charge in [0.15, 0.2) is 0 Å². The molecule has 106 valence electrons. The Balaban J connectivity index is 1.95. The maximum atomic E-state index is 5.13. The highest BCUT2D eigenvalue weighted by molar-refractivity contribution is 5.28. The fourth-order valence-electron chi connectivity index (χ4n) is 1.88. The molecule has 0 radical (unpaired) electrons. The molecule has 1 aliphatic rings. The molecule has 0 atom stereocenters. The van der Waals surface area contributed by atoms with E-state index in [1.165, 1.54) is 27.1 Å². The van der Waals surface area contributed by atoms with Crippen LogP contribution in [-0.4, -0.2) is 49.4 Å². The predicted molar refractivity (Wildman–Crippen MR) is 69.6 cm³/mol. The second-order valence-corrected chi connectivity index (χ2v) is 4.73. The number of nitrogens with zero attached hydrogens (tertiary/aromatic N) is 3. The molecule has 7 nitrogen and oxygen atoms in total. The standard InChI is InChI=1S/C12H20N4O3/c1-17-7-6-12(4-5-12)8-13-9-14-10(18-2)16-11(15-9)19-3/h4-8H2,1-3H3,(H,13,14,15,16). The van der Waals surface area contributed by atoms with Gasteiger partial charge < -0.3 is 19.5 Å². The lowest BCUT2D eigenvalue weighted by molar-refractivity contribution is 0.174. The number of hydrogen-bond acceptors (Lipinski definition) is 7. The van der Waals surface area contributed by atoms with E-state index >= 15 is 0 Å². The average molecular weight is 268 g/mol. The van der Waals surface area contributed by atoms with E-state index in [4.69, 9.17) is 14.2 Å². The molecular weight excluding hydrogens is 248 g/mol. The van der Waals surface area contributed by atoms with Crippen LogP contribution in [0.25, 0.3) is 0 Å². The molecule has 0 bridgehead atoms. The van der Waals surface area contributed by atoms with E-state index in [1.54, 1.807) is 7.11 Å². The number of methoxy groups -OCH3 is 3. The summed E-state index contributed by atoms with van der Waals surface area (Å²) in [4.78, 5) is 12.2. The molecule has 7 heteroatoms. The fourth-order valence-corrected chi connectivity index (χ4v) is 1.88. The van der Waals surface area contributed by atoms with Gasteiger partial charge in [-0.25, -0.2) is 0 Å². The molecule has 0 spiro atoms. The molecule has 0 aromatic carbocycles. The Morgan fingerprint density at radius 2 is 1.68 bits per heavy atom. The minimum Gasteiger partial charge on any atom is -0.467 e. The van der Waals surface area contributed by atoms with Gasteiger partial charge in [-0.15, -0.1) is 4.98 Å². The van der Waals surface area contributed by atoms with Gasteiger partial charge in [0.05, 0.1) is 14.2 Å². The van der Waals surface area contributed by atoms with Gasteiger partial charge in [-0.05, 0) is 24.7 Å². The van der Waals surface area contributed by atoms with Crippen molar-refractivity contribution < 1.29 is 14.2 Å². The molecule has 1 aromatic rings. The van der Waals surface area contributed by atoms with E-state index in [-0.39, 0.29) is 12.0 Å². The Morgan fingerprint density at radius 1 is 1.05 bits per heavy atom. The summed E-state index contributed by atoms with van der Waals surface area (Å²) < 4.78 is 15.1. The van der Waals surface area contributed by atoms with Gasteiger partial charge in [-0.2, -0.15) is 9.97 Å². The van der Waals surface area contributed by atoms with Gasteiger partial charge in [0.2, 0.25) is 5.95 Å². The van der Waals surface area contributed by atoms with Crippen LogP contribution in [0, 0.1) is 5.41 Å². The lowest BCUT2D eigenvalue weighted by Gasteiger charge is -2.15. The summed E-state index contributed by atoms with van der Waals surface area (Å²) in [5, 5.41) is 3.23. The Morgan fingerprint density at radius 3 is 2.16 bits per heavy atom. The van der Waals surface area contributed by atoms with Crippen LogP contribution in [0.4, 0.5) is 5.95 Å². The fraction of sp³-hybridized carbons (Fsp3) is 0.750. The van der Waals surface area contributed by atoms with Crippen LogP contribution in [0.1, 0.15) is 19.3 Å². The quantitative estimate of drug-likeness (QED) is 0.756. The highest BCUT2D eigenvalue weighted by Gasteiger charge is 2.41. The zero-order valence-corrected chi connectivity index (χ0v) is 11.6. The molecule has 0 amide bonds. The van der Waals surface area contributed by atoms with Crippen LogP contribution in [0.2, 0.25) is 0 Å². The molecule has 1 N–H and O–H groups in total. The smallest absolute Gasteiger partial charge is 0.324 e. The van der Waals surface area contributed by atoms with E-state index in [9.17, 15) is 0 Å². The second-order valence-electron chi connectivity index (χ2n) is 4.73. The zero-order valence-electron chi connectivity index (χ0n) is 11.6. The third-order valence-corrected chi connectivity index (χ3v) is 3.37. The highest BCUT2D eigenvalue weighted by atomic mass is 16.5. The summed E-state index contributed by atoms with van der Waals surface area (Å²) in [5.41, 5.74) is 0.323. The number of anilines is 1. The third-order valence-electron chi connectivity index (χ3n) is 3.37. The number of ether oxygens (including phenoxy) is 3. The first kappa shape index (κ1) is 13.8. The molecule has 1 aromatic heterocycles. The molecule has 0 aliphatic heterocycles. The summed E-state index contributed by atoms with van der Waals surface area (Å²) in [7, 11) is 4.75. The van der Waals surface area contributed by atoms with E-state index in [1.807, 2.05) is 0 Å². The van der Waals surface area contributed by atoms with Crippen LogP contribution in [-0.2, 0) is 4.74 Å². The Hall–Kier alpha value is -1.63. The van der Waals surface area contributed by atoms with Crippen molar-refractivity contribution in [2.75, 3.05) is 39.8 Å². The molecule has 1 fully saturated rings. The number of rotatable bonds is 8. The lowest BCUT2D eigenvalue weighted by Crippen LogP contribution is -2.19. The van der Waals surface area contributed by atoms with Crippen molar-refractivity contribution in [2.24, 2.45) is 5.41 Å². The van der Waals surface area contributed by atoms with Gasteiger partial charge in [0, 0.05) is 20.3 Å². The minimum atomic E-state index is 0.246. The largest absolute Gasteiger partial charge is 0.467 e. The molecule has 0 saturated heterocycles. The third kappa shape index (κ3) is 3.66. The molecule has 1 saturated carbocycles. The maximum Gasteiger partial charge on any atom is 0.324 e. The number of nitrogens with one attached hydrogen (secondary N) is 1. The summed E-state index contributed by atoms with van der Waals surface area (Å²) in [6.07, 6.45) is 3.47. The van der Waals surface area contributed by atoms with Crippen LogP contribution in [0.15, 0.2) is 0 Å².